The Morgan fingerprint density at radius 2 is 1.67 bits per heavy atom. The van der Waals surface area contributed by atoms with Crippen molar-refractivity contribution in [3.05, 3.63) is 89.0 Å². The fraction of sp³-hybridized carbons (Fsp3) is 0.406. The number of halogens is 1. The molecule has 0 spiro atoms. The maximum Gasteiger partial charge on any atom is 0.407 e. The maximum atomic E-state index is 12.0. The second-order valence-electron chi connectivity index (χ2n) is 11.4. The summed E-state index contributed by atoms with van der Waals surface area (Å²) >= 11 is 6.64. The molecule has 0 fully saturated rings. The minimum Gasteiger partial charge on any atom is -0.506 e. The molecule has 0 saturated heterocycles. The number of anilines is 1. The highest BCUT2D eigenvalue weighted by molar-refractivity contribution is 6.23. The number of aromatic hydroxyl groups is 1. The number of aryl methyl sites for hydroxylation is 1. The summed E-state index contributed by atoms with van der Waals surface area (Å²) in [5.41, 5.74) is 4.14. The number of hydrogen-bond acceptors (Lipinski definition) is 5. The Labute approximate surface area is 237 Å². The number of phenolic OH excluding ortho intramolecular Hbond substituents is 1. The zero-order valence-corrected chi connectivity index (χ0v) is 24.6. The number of alkyl halides is 1. The molecule has 0 aliphatic heterocycles. The third-order valence-electron chi connectivity index (χ3n) is 6.08. The van der Waals surface area contributed by atoms with E-state index in [1.807, 2.05) is 96.1 Å². The third kappa shape index (κ3) is 10.4. The van der Waals surface area contributed by atoms with E-state index in [-0.39, 0.29) is 11.8 Å². The molecule has 0 aliphatic rings. The molecule has 1 unspecified atom stereocenters. The van der Waals surface area contributed by atoms with Crippen molar-refractivity contribution in [2.45, 2.75) is 84.1 Å². The van der Waals surface area contributed by atoms with Crippen LogP contribution in [0.15, 0.2) is 66.7 Å². The van der Waals surface area contributed by atoms with Gasteiger partial charge in [-0.1, -0.05) is 42.5 Å². The van der Waals surface area contributed by atoms with E-state index >= 15 is 0 Å². The first-order valence-corrected chi connectivity index (χ1v) is 13.7. The van der Waals surface area contributed by atoms with Gasteiger partial charge >= 0.3 is 6.09 Å². The highest BCUT2D eigenvalue weighted by Gasteiger charge is 2.19. The van der Waals surface area contributed by atoms with Crippen LogP contribution in [0, 0.1) is 0 Å². The van der Waals surface area contributed by atoms with Crippen molar-refractivity contribution in [1.82, 2.24) is 5.32 Å². The van der Waals surface area contributed by atoms with Crippen molar-refractivity contribution >= 4 is 23.4 Å². The van der Waals surface area contributed by atoms with E-state index < -0.39 is 16.6 Å². The predicted octanol–water partition coefficient (Wildman–Crippen LogP) is 7.90. The molecular weight excluding hydrogens is 512 g/mol. The second-order valence-corrected chi connectivity index (χ2v) is 12.3. The fourth-order valence-electron chi connectivity index (χ4n) is 3.97. The van der Waals surface area contributed by atoms with Crippen LogP contribution < -0.4 is 15.4 Å². The van der Waals surface area contributed by atoms with Crippen LogP contribution in [0.5, 0.6) is 11.5 Å². The van der Waals surface area contributed by atoms with E-state index in [0.717, 1.165) is 34.4 Å². The number of amides is 1. The highest BCUT2D eigenvalue weighted by atomic mass is 35.5. The largest absolute Gasteiger partial charge is 0.506 e. The normalized spacial score (nSPS) is 12.5. The van der Waals surface area contributed by atoms with Crippen LogP contribution in [0.4, 0.5) is 10.5 Å². The molecule has 1 amide bonds. The van der Waals surface area contributed by atoms with Crippen LogP contribution in [-0.2, 0) is 29.2 Å². The Morgan fingerprint density at radius 1 is 0.949 bits per heavy atom. The van der Waals surface area contributed by atoms with Crippen molar-refractivity contribution in [3.63, 3.8) is 0 Å². The number of ether oxygens (including phenoxy) is 2. The van der Waals surface area contributed by atoms with Gasteiger partial charge in [-0.3, -0.25) is 0 Å². The minimum absolute atomic E-state index is 0.0587. The predicted molar refractivity (Wildman–Crippen MR) is 159 cm³/mol. The molecule has 39 heavy (non-hydrogen) atoms. The summed E-state index contributed by atoms with van der Waals surface area (Å²) in [6, 6.07) is 21.6. The lowest BCUT2D eigenvalue weighted by molar-refractivity contribution is 0.0506. The van der Waals surface area contributed by atoms with Crippen molar-refractivity contribution in [2.75, 3.05) is 5.32 Å². The van der Waals surface area contributed by atoms with Gasteiger partial charge in [0.1, 0.15) is 23.7 Å². The highest BCUT2D eigenvalue weighted by Crippen LogP contribution is 2.33. The van der Waals surface area contributed by atoms with Gasteiger partial charge in [0.15, 0.2) is 0 Å². The summed E-state index contributed by atoms with van der Waals surface area (Å²) in [4.78, 5) is 11.4. The Kier molecular flexibility index (Phi) is 10.1. The van der Waals surface area contributed by atoms with Gasteiger partial charge in [-0.2, -0.15) is 0 Å². The summed E-state index contributed by atoms with van der Waals surface area (Å²) < 4.78 is 11.4. The van der Waals surface area contributed by atoms with Gasteiger partial charge in [0.25, 0.3) is 0 Å². The molecule has 6 nitrogen and oxygen atoms in total. The lowest BCUT2D eigenvalue weighted by Crippen LogP contribution is -2.37. The van der Waals surface area contributed by atoms with E-state index in [1.54, 1.807) is 6.07 Å². The Bertz CT molecular complexity index is 1230. The summed E-state index contributed by atoms with van der Waals surface area (Å²) in [7, 11) is 0. The molecule has 3 aromatic rings. The second kappa shape index (κ2) is 13.1. The number of rotatable bonds is 11. The summed E-state index contributed by atoms with van der Waals surface area (Å²) in [6.07, 6.45) is 1.01. The van der Waals surface area contributed by atoms with Crippen LogP contribution >= 0.6 is 11.6 Å². The van der Waals surface area contributed by atoms with Crippen molar-refractivity contribution in [1.29, 1.82) is 0 Å². The summed E-state index contributed by atoms with van der Waals surface area (Å²) in [5.74, 6) is 0.921. The van der Waals surface area contributed by atoms with E-state index in [9.17, 15) is 9.90 Å². The lowest BCUT2D eigenvalue weighted by atomic mass is 9.99. The molecule has 1 atom stereocenters. The van der Waals surface area contributed by atoms with Gasteiger partial charge in [-0.15, -0.1) is 11.6 Å². The van der Waals surface area contributed by atoms with E-state index in [1.165, 1.54) is 0 Å². The molecule has 0 heterocycles. The van der Waals surface area contributed by atoms with Gasteiger partial charge < -0.3 is 25.2 Å². The average molecular weight is 553 g/mol. The minimum atomic E-state index is -0.555. The van der Waals surface area contributed by atoms with Crippen molar-refractivity contribution in [2.24, 2.45) is 0 Å². The third-order valence-corrected chi connectivity index (χ3v) is 6.29. The Morgan fingerprint density at radius 3 is 2.31 bits per heavy atom. The summed E-state index contributed by atoms with van der Waals surface area (Å²) in [6.45, 7) is 12.3. The number of alkyl carbamates (subject to hydrolysis) is 1. The Balaban J connectivity index is 1.60. The van der Waals surface area contributed by atoms with E-state index in [2.05, 4.69) is 16.7 Å². The quantitative estimate of drug-likeness (QED) is 0.166. The lowest BCUT2D eigenvalue weighted by Gasteiger charge is -2.22. The van der Waals surface area contributed by atoms with Crippen LogP contribution in [0.1, 0.15) is 70.2 Å². The number of carbonyl (C=O) groups excluding carboxylic acids is 1. The van der Waals surface area contributed by atoms with Crippen molar-refractivity contribution in [3.8, 4) is 11.5 Å². The monoisotopic (exact) mass is 552 g/mol. The number of carbonyl (C=O) groups is 1. The molecule has 3 aromatic carbocycles. The number of nitrogens with one attached hydrogen (secondary N) is 2. The number of benzene rings is 3. The van der Waals surface area contributed by atoms with E-state index in [4.69, 9.17) is 21.1 Å². The number of hydrogen-bond donors (Lipinski definition) is 3. The first kappa shape index (κ1) is 30.2. The molecule has 0 saturated carbocycles. The molecule has 0 aromatic heterocycles. The number of phenols is 1. The molecule has 0 aliphatic carbocycles. The van der Waals surface area contributed by atoms with Gasteiger partial charge in [0.05, 0.1) is 10.6 Å². The first-order chi connectivity index (χ1) is 18.3. The van der Waals surface area contributed by atoms with Crippen LogP contribution in [0.3, 0.4) is 0 Å². The Hall–Kier alpha value is -3.38. The van der Waals surface area contributed by atoms with Gasteiger partial charge in [-0.05, 0) is 101 Å². The molecule has 210 valence electrons. The zero-order chi connectivity index (χ0) is 28.6. The van der Waals surface area contributed by atoms with Crippen LogP contribution in [0.2, 0.25) is 0 Å². The maximum absolute atomic E-state index is 12.0. The standard InChI is InChI=1S/C32H41ClN2O4/c1-22(35-30(37)39-31(2,3)4)12-13-23-14-15-28(29(36)18-23)34-20-25-16-26(32(5,6)33)19-27(17-25)38-21-24-10-8-7-9-11-24/h7-11,14-19,22,34,36H,12-13,20-21H2,1-6H3,(H,35,37). The summed E-state index contributed by atoms with van der Waals surface area (Å²) in [5, 5.41) is 16.8. The van der Waals surface area contributed by atoms with Gasteiger partial charge in [-0.25, -0.2) is 4.79 Å². The van der Waals surface area contributed by atoms with E-state index in [0.29, 0.717) is 25.3 Å². The topological polar surface area (TPSA) is 79.8 Å². The fourth-order valence-corrected chi connectivity index (χ4v) is 4.08. The molecule has 0 radical (unpaired) electrons. The molecular formula is C32H41ClN2O4. The molecule has 0 bridgehead atoms. The molecule has 3 rings (SSSR count). The average Bonchev–Trinajstić information content (AvgIpc) is 2.84. The van der Waals surface area contributed by atoms with Crippen LogP contribution in [0.25, 0.3) is 0 Å². The smallest absolute Gasteiger partial charge is 0.407 e. The first-order valence-electron chi connectivity index (χ1n) is 13.3. The van der Waals surface area contributed by atoms with Crippen molar-refractivity contribution < 1.29 is 19.4 Å². The molecule has 7 heteroatoms. The van der Waals surface area contributed by atoms with Crippen LogP contribution in [-0.4, -0.2) is 22.8 Å². The van der Waals surface area contributed by atoms with Gasteiger partial charge in [0.2, 0.25) is 0 Å². The van der Waals surface area contributed by atoms with Gasteiger partial charge in [0, 0.05) is 12.6 Å². The SMILES string of the molecule is CC(CCc1ccc(NCc2cc(OCc3ccccc3)cc(C(C)(C)Cl)c2)c(O)c1)NC(=O)OC(C)(C)C. The molecule has 3 N–H and O–H groups in total. The zero-order valence-electron chi connectivity index (χ0n) is 23.8.